The number of rotatable bonds is 11. The van der Waals surface area contributed by atoms with Gasteiger partial charge in [-0.05, 0) is 90.1 Å². The van der Waals surface area contributed by atoms with Gasteiger partial charge in [-0.25, -0.2) is 9.59 Å². The zero-order valence-electron chi connectivity index (χ0n) is 25.5. The van der Waals surface area contributed by atoms with Crippen molar-refractivity contribution in [3.05, 3.63) is 92.5 Å². The SMILES string of the molecule is CCOC(=O)c1c(N=Nc2ccc(Cl)cc2)c(C)n(CCn2c(C)c(N=Nc3ccc(Cl)cc3)c(C(=O)OCC)c2C)c1C. The second-order valence-corrected chi connectivity index (χ2v) is 10.8. The van der Waals surface area contributed by atoms with Crippen molar-refractivity contribution >= 4 is 57.9 Å². The number of nitrogens with zero attached hydrogens (tertiary/aromatic N) is 6. The van der Waals surface area contributed by atoms with Gasteiger partial charge in [0.05, 0.1) is 24.6 Å². The second kappa shape index (κ2) is 14.5. The first-order valence-corrected chi connectivity index (χ1v) is 14.9. The van der Waals surface area contributed by atoms with E-state index in [2.05, 4.69) is 20.5 Å². The molecule has 0 aliphatic carbocycles. The molecular formula is C32H34Cl2N6O4. The molecule has 0 amide bonds. The van der Waals surface area contributed by atoms with Crippen LogP contribution in [0, 0.1) is 27.7 Å². The van der Waals surface area contributed by atoms with E-state index in [0.717, 1.165) is 11.4 Å². The number of carbonyl (C=O) groups is 2. The first kappa shape index (κ1) is 32.6. The molecule has 0 saturated heterocycles. The summed E-state index contributed by atoms with van der Waals surface area (Å²) in [7, 11) is 0. The number of ether oxygens (including phenoxy) is 2. The Hall–Kier alpha value is -4.28. The predicted molar refractivity (Wildman–Crippen MR) is 171 cm³/mol. The number of halogens is 2. The van der Waals surface area contributed by atoms with Crippen molar-refractivity contribution < 1.29 is 19.1 Å². The van der Waals surface area contributed by atoms with E-state index in [9.17, 15) is 9.59 Å². The molecule has 0 fully saturated rings. The summed E-state index contributed by atoms with van der Waals surface area (Å²) in [5, 5.41) is 18.8. The van der Waals surface area contributed by atoms with Crippen LogP contribution >= 0.6 is 23.2 Å². The number of benzene rings is 2. The lowest BCUT2D eigenvalue weighted by Crippen LogP contribution is -2.14. The summed E-state index contributed by atoms with van der Waals surface area (Å²) in [6, 6.07) is 13.9. The Bertz CT molecular complexity index is 1590. The molecule has 2 aromatic heterocycles. The lowest BCUT2D eigenvalue weighted by molar-refractivity contribution is 0.0516. The van der Waals surface area contributed by atoms with Crippen molar-refractivity contribution in [1.82, 2.24) is 9.13 Å². The van der Waals surface area contributed by atoms with Gasteiger partial charge in [-0.1, -0.05) is 23.2 Å². The summed E-state index contributed by atoms with van der Waals surface area (Å²) < 4.78 is 14.7. The molecule has 0 saturated carbocycles. The Balaban J connectivity index is 1.72. The zero-order valence-corrected chi connectivity index (χ0v) is 27.0. The largest absolute Gasteiger partial charge is 0.462 e. The molecule has 12 heteroatoms. The van der Waals surface area contributed by atoms with E-state index in [1.807, 2.05) is 36.8 Å². The van der Waals surface area contributed by atoms with E-state index >= 15 is 0 Å². The highest BCUT2D eigenvalue weighted by Crippen LogP contribution is 2.35. The Morgan fingerprint density at radius 3 is 1.25 bits per heavy atom. The quantitative estimate of drug-likeness (QED) is 0.120. The molecule has 10 nitrogen and oxygen atoms in total. The molecule has 0 unspecified atom stereocenters. The maximum Gasteiger partial charge on any atom is 0.342 e. The van der Waals surface area contributed by atoms with Gasteiger partial charge >= 0.3 is 11.9 Å². The average Bonchev–Trinajstić information content (AvgIpc) is 3.38. The normalized spacial score (nSPS) is 11.5. The van der Waals surface area contributed by atoms with E-state index in [4.69, 9.17) is 32.7 Å². The minimum Gasteiger partial charge on any atom is -0.462 e. The minimum absolute atomic E-state index is 0.224. The smallest absolute Gasteiger partial charge is 0.342 e. The molecule has 230 valence electrons. The van der Waals surface area contributed by atoms with Crippen LogP contribution in [0.1, 0.15) is 57.3 Å². The number of hydrogen-bond donors (Lipinski definition) is 0. The highest BCUT2D eigenvalue weighted by atomic mass is 35.5. The van der Waals surface area contributed by atoms with Gasteiger partial charge in [0, 0.05) is 45.9 Å². The number of azo groups is 2. The summed E-state index contributed by atoms with van der Waals surface area (Å²) in [5.74, 6) is -0.945. The molecule has 0 radical (unpaired) electrons. The van der Waals surface area contributed by atoms with Crippen molar-refractivity contribution in [2.24, 2.45) is 20.5 Å². The fourth-order valence-corrected chi connectivity index (χ4v) is 5.23. The van der Waals surface area contributed by atoms with Gasteiger partial charge in [0.1, 0.15) is 22.5 Å². The van der Waals surface area contributed by atoms with Crippen molar-refractivity contribution in [2.75, 3.05) is 13.2 Å². The van der Waals surface area contributed by atoms with Crippen molar-refractivity contribution in [1.29, 1.82) is 0 Å². The number of esters is 2. The maximum absolute atomic E-state index is 13.0. The average molecular weight is 638 g/mol. The van der Waals surface area contributed by atoms with Crippen LogP contribution in [0.3, 0.4) is 0 Å². The fourth-order valence-electron chi connectivity index (χ4n) is 4.98. The summed E-state index contributed by atoms with van der Waals surface area (Å²) in [6.07, 6.45) is 0. The third-order valence-electron chi connectivity index (χ3n) is 7.19. The van der Waals surface area contributed by atoms with E-state index in [1.165, 1.54) is 0 Å². The Morgan fingerprint density at radius 2 is 0.932 bits per heavy atom. The highest BCUT2D eigenvalue weighted by molar-refractivity contribution is 6.30. The molecule has 0 atom stereocenters. The van der Waals surface area contributed by atoms with Crippen LogP contribution in [0.15, 0.2) is 69.0 Å². The first-order valence-electron chi connectivity index (χ1n) is 14.2. The molecular weight excluding hydrogens is 603 g/mol. The van der Waals surface area contributed by atoms with Gasteiger partial charge in [-0.15, -0.1) is 10.2 Å². The lowest BCUT2D eigenvalue weighted by Gasteiger charge is -2.13. The molecule has 0 aliphatic heterocycles. The lowest BCUT2D eigenvalue weighted by atomic mass is 10.2. The summed E-state index contributed by atoms with van der Waals surface area (Å²) in [6.45, 7) is 12.4. The molecule has 0 aliphatic rings. The maximum atomic E-state index is 13.0. The number of hydrogen-bond acceptors (Lipinski definition) is 8. The van der Waals surface area contributed by atoms with Crippen LogP contribution in [-0.4, -0.2) is 34.3 Å². The highest BCUT2D eigenvalue weighted by Gasteiger charge is 2.27. The van der Waals surface area contributed by atoms with Crippen LogP contribution < -0.4 is 0 Å². The van der Waals surface area contributed by atoms with E-state index in [1.54, 1.807) is 62.4 Å². The van der Waals surface area contributed by atoms with Crippen LogP contribution in [0.2, 0.25) is 10.0 Å². The predicted octanol–water partition coefficient (Wildman–Crippen LogP) is 9.71. The van der Waals surface area contributed by atoms with Crippen LogP contribution in [-0.2, 0) is 22.6 Å². The molecule has 0 spiro atoms. The molecule has 4 aromatic rings. The summed E-state index contributed by atoms with van der Waals surface area (Å²) in [5.41, 5.74) is 5.66. The van der Waals surface area contributed by atoms with E-state index in [-0.39, 0.29) is 13.2 Å². The summed E-state index contributed by atoms with van der Waals surface area (Å²) in [4.78, 5) is 26.1. The zero-order chi connectivity index (χ0) is 32.0. The van der Waals surface area contributed by atoms with E-state index < -0.39 is 11.9 Å². The van der Waals surface area contributed by atoms with Gasteiger partial charge in [0.15, 0.2) is 0 Å². The number of aromatic nitrogens is 2. The molecule has 2 heterocycles. The fraction of sp³-hybridized carbons (Fsp3) is 0.312. The van der Waals surface area contributed by atoms with Gasteiger partial charge in [-0.2, -0.15) is 10.2 Å². The van der Waals surface area contributed by atoms with Crippen molar-refractivity contribution in [2.45, 2.75) is 54.6 Å². The van der Waals surface area contributed by atoms with Crippen molar-refractivity contribution in [3.8, 4) is 0 Å². The Kier molecular flexibility index (Phi) is 10.7. The van der Waals surface area contributed by atoms with Crippen LogP contribution in [0.25, 0.3) is 0 Å². The molecule has 0 bridgehead atoms. The standard InChI is InChI=1S/C32H34Cl2N6O4/c1-7-43-31(41)27-19(3)39(21(5)29(27)37-35-25-13-9-23(33)10-14-25)17-18-40-20(4)28(32(42)44-8-2)30(22(40)6)38-36-26-15-11-24(34)12-16-26/h9-16H,7-8,17-18H2,1-6H3. The molecule has 44 heavy (non-hydrogen) atoms. The Morgan fingerprint density at radius 1 is 0.591 bits per heavy atom. The number of carbonyl (C=O) groups excluding carboxylic acids is 2. The topological polar surface area (TPSA) is 112 Å². The van der Waals surface area contributed by atoms with Crippen molar-refractivity contribution in [3.63, 3.8) is 0 Å². The van der Waals surface area contributed by atoms with Crippen LogP contribution in [0.5, 0.6) is 0 Å². The van der Waals surface area contributed by atoms with E-state index in [0.29, 0.717) is 68.4 Å². The van der Waals surface area contributed by atoms with Crippen LogP contribution in [0.4, 0.5) is 22.7 Å². The second-order valence-electron chi connectivity index (χ2n) is 9.89. The molecule has 4 rings (SSSR count). The first-order chi connectivity index (χ1) is 21.1. The monoisotopic (exact) mass is 636 g/mol. The van der Waals surface area contributed by atoms with Gasteiger partial charge in [-0.3, -0.25) is 0 Å². The molecule has 0 N–H and O–H groups in total. The Labute approximate surface area is 266 Å². The van der Waals surface area contributed by atoms with Gasteiger partial charge in [0.25, 0.3) is 0 Å². The molecule has 2 aromatic carbocycles. The summed E-state index contributed by atoms with van der Waals surface area (Å²) >= 11 is 12.0. The third-order valence-corrected chi connectivity index (χ3v) is 7.70. The van der Waals surface area contributed by atoms with Gasteiger partial charge < -0.3 is 18.6 Å². The van der Waals surface area contributed by atoms with Gasteiger partial charge in [0.2, 0.25) is 0 Å². The third kappa shape index (κ3) is 7.09. The minimum atomic E-state index is -0.472.